The van der Waals surface area contributed by atoms with Crippen LogP contribution in [0.2, 0.25) is 0 Å². The molecule has 0 saturated carbocycles. The van der Waals surface area contributed by atoms with E-state index in [1.807, 2.05) is 38.1 Å². The van der Waals surface area contributed by atoms with Gasteiger partial charge in [0.2, 0.25) is 5.91 Å². The van der Waals surface area contributed by atoms with Gasteiger partial charge in [-0.15, -0.1) is 0 Å². The number of hydrogen-bond acceptors (Lipinski definition) is 2. The van der Waals surface area contributed by atoms with E-state index in [0.717, 1.165) is 16.5 Å². The maximum atomic E-state index is 11.4. The zero-order valence-corrected chi connectivity index (χ0v) is 11.8. The first-order valence-corrected chi connectivity index (χ1v) is 6.52. The second-order valence-corrected chi connectivity index (χ2v) is 5.28. The minimum Gasteiger partial charge on any atom is -0.273 e. The van der Waals surface area contributed by atoms with Gasteiger partial charge in [-0.05, 0) is 30.0 Å². The second-order valence-electron chi connectivity index (χ2n) is 4.36. The van der Waals surface area contributed by atoms with E-state index in [-0.39, 0.29) is 5.91 Å². The van der Waals surface area contributed by atoms with Crippen LogP contribution in [-0.4, -0.2) is 12.5 Å². The minimum absolute atomic E-state index is 0.0781. The largest absolute Gasteiger partial charge is 0.273 e. The molecule has 0 aromatic heterocycles. The van der Waals surface area contributed by atoms with E-state index in [2.05, 4.69) is 21.4 Å². The molecule has 0 aliphatic rings. The Morgan fingerprint density at radius 1 is 1.47 bits per heavy atom. The summed E-state index contributed by atoms with van der Waals surface area (Å²) in [6, 6.07) is 7.96. The molecule has 4 heteroatoms. The smallest absolute Gasteiger partial charge is 0.243 e. The van der Waals surface area contributed by atoms with E-state index in [1.54, 1.807) is 0 Å². The quantitative estimate of drug-likeness (QED) is 0.820. The number of rotatable bonds is 6. The summed E-state index contributed by atoms with van der Waals surface area (Å²) in [6.45, 7) is 4.62. The van der Waals surface area contributed by atoms with Crippen molar-refractivity contribution in [3.8, 4) is 0 Å². The van der Waals surface area contributed by atoms with Gasteiger partial charge in [0, 0.05) is 10.9 Å². The SMILES string of the molecule is CC(C)CONC(=O)CCc1cccc(Br)c1. The fourth-order valence-electron chi connectivity index (χ4n) is 1.29. The van der Waals surface area contributed by atoms with Crippen molar-refractivity contribution >= 4 is 21.8 Å². The summed E-state index contributed by atoms with van der Waals surface area (Å²) < 4.78 is 1.03. The molecule has 0 heterocycles. The molecular weight excluding hydrogens is 282 g/mol. The molecule has 0 aliphatic heterocycles. The Morgan fingerprint density at radius 2 is 2.24 bits per heavy atom. The molecule has 0 spiro atoms. The summed E-state index contributed by atoms with van der Waals surface area (Å²) in [5, 5.41) is 0. The van der Waals surface area contributed by atoms with Crippen LogP contribution in [0, 0.1) is 5.92 Å². The first-order valence-electron chi connectivity index (χ1n) is 5.73. The molecule has 94 valence electrons. The lowest BCUT2D eigenvalue weighted by molar-refractivity contribution is -0.134. The van der Waals surface area contributed by atoms with Crippen LogP contribution in [0.3, 0.4) is 0 Å². The molecule has 1 N–H and O–H groups in total. The van der Waals surface area contributed by atoms with Gasteiger partial charge in [0.25, 0.3) is 0 Å². The van der Waals surface area contributed by atoms with Crippen LogP contribution in [0.4, 0.5) is 0 Å². The van der Waals surface area contributed by atoms with Crippen molar-refractivity contribution in [3.63, 3.8) is 0 Å². The number of amides is 1. The number of hydroxylamine groups is 1. The summed E-state index contributed by atoms with van der Waals surface area (Å²) in [5.74, 6) is 0.339. The maximum absolute atomic E-state index is 11.4. The highest BCUT2D eigenvalue weighted by Gasteiger charge is 2.03. The monoisotopic (exact) mass is 299 g/mol. The van der Waals surface area contributed by atoms with Crippen molar-refractivity contribution in [1.29, 1.82) is 0 Å². The predicted octanol–water partition coefficient (Wildman–Crippen LogP) is 3.09. The third-order valence-corrected chi connectivity index (χ3v) is 2.63. The molecule has 0 atom stereocenters. The fourth-order valence-corrected chi connectivity index (χ4v) is 1.74. The van der Waals surface area contributed by atoms with Crippen LogP contribution < -0.4 is 5.48 Å². The van der Waals surface area contributed by atoms with Gasteiger partial charge in [-0.25, -0.2) is 5.48 Å². The van der Waals surface area contributed by atoms with E-state index < -0.39 is 0 Å². The molecule has 1 amide bonds. The molecule has 0 unspecified atom stereocenters. The van der Waals surface area contributed by atoms with Crippen LogP contribution in [0.5, 0.6) is 0 Å². The van der Waals surface area contributed by atoms with Crippen LogP contribution in [0.15, 0.2) is 28.7 Å². The minimum atomic E-state index is -0.0781. The zero-order valence-electron chi connectivity index (χ0n) is 10.2. The highest BCUT2D eigenvalue weighted by Crippen LogP contribution is 2.12. The van der Waals surface area contributed by atoms with Gasteiger partial charge < -0.3 is 0 Å². The van der Waals surface area contributed by atoms with Crippen LogP contribution in [0.1, 0.15) is 25.8 Å². The van der Waals surface area contributed by atoms with Crippen LogP contribution in [-0.2, 0) is 16.1 Å². The number of benzene rings is 1. The molecule has 0 aliphatic carbocycles. The molecule has 1 rings (SSSR count). The lowest BCUT2D eigenvalue weighted by Crippen LogP contribution is -2.25. The molecule has 0 radical (unpaired) electrons. The molecule has 17 heavy (non-hydrogen) atoms. The number of hydrogen-bond donors (Lipinski definition) is 1. The van der Waals surface area contributed by atoms with Gasteiger partial charge in [-0.3, -0.25) is 9.63 Å². The van der Waals surface area contributed by atoms with E-state index in [0.29, 0.717) is 18.9 Å². The third kappa shape index (κ3) is 6.44. The second kappa shape index (κ2) is 7.45. The molecule has 1 aromatic rings. The molecular formula is C13H18BrNO2. The topological polar surface area (TPSA) is 38.3 Å². The van der Waals surface area contributed by atoms with Gasteiger partial charge in [-0.1, -0.05) is 41.9 Å². The van der Waals surface area contributed by atoms with Gasteiger partial charge in [0.1, 0.15) is 0 Å². The normalized spacial score (nSPS) is 10.6. The predicted molar refractivity (Wildman–Crippen MR) is 71.4 cm³/mol. The third-order valence-electron chi connectivity index (χ3n) is 2.13. The molecule has 1 aromatic carbocycles. The zero-order chi connectivity index (χ0) is 12.7. The Morgan fingerprint density at radius 3 is 2.88 bits per heavy atom. The molecule has 3 nitrogen and oxygen atoms in total. The van der Waals surface area contributed by atoms with Crippen molar-refractivity contribution < 1.29 is 9.63 Å². The molecule has 0 fully saturated rings. The molecule has 0 bridgehead atoms. The Balaban J connectivity index is 2.24. The summed E-state index contributed by atoms with van der Waals surface area (Å²) in [6.07, 6.45) is 1.16. The van der Waals surface area contributed by atoms with E-state index in [4.69, 9.17) is 4.84 Å². The lowest BCUT2D eigenvalue weighted by Gasteiger charge is -2.07. The van der Waals surface area contributed by atoms with Crippen LogP contribution in [0.25, 0.3) is 0 Å². The van der Waals surface area contributed by atoms with Crippen molar-refractivity contribution in [3.05, 3.63) is 34.3 Å². The fraction of sp³-hybridized carbons (Fsp3) is 0.462. The van der Waals surface area contributed by atoms with E-state index in [9.17, 15) is 4.79 Å². The number of aryl methyl sites for hydroxylation is 1. The number of carbonyl (C=O) groups excluding carboxylic acids is 1. The Kier molecular flexibility index (Phi) is 6.22. The highest BCUT2D eigenvalue weighted by atomic mass is 79.9. The van der Waals surface area contributed by atoms with Crippen molar-refractivity contribution in [2.24, 2.45) is 5.92 Å². The Labute approximate surface area is 111 Å². The summed E-state index contributed by atoms with van der Waals surface area (Å²) in [5.41, 5.74) is 3.59. The Bertz CT molecular complexity index is 366. The Hall–Kier alpha value is -0.870. The number of nitrogens with one attached hydrogen (secondary N) is 1. The lowest BCUT2D eigenvalue weighted by atomic mass is 10.1. The van der Waals surface area contributed by atoms with E-state index in [1.165, 1.54) is 0 Å². The maximum Gasteiger partial charge on any atom is 0.243 e. The van der Waals surface area contributed by atoms with Crippen LogP contribution >= 0.6 is 15.9 Å². The average Bonchev–Trinajstić information content (AvgIpc) is 2.26. The summed E-state index contributed by atoms with van der Waals surface area (Å²) in [7, 11) is 0. The number of carbonyl (C=O) groups is 1. The van der Waals surface area contributed by atoms with E-state index >= 15 is 0 Å². The van der Waals surface area contributed by atoms with Crippen molar-refractivity contribution in [2.75, 3.05) is 6.61 Å². The summed E-state index contributed by atoms with van der Waals surface area (Å²) in [4.78, 5) is 16.5. The average molecular weight is 300 g/mol. The van der Waals surface area contributed by atoms with Gasteiger partial charge >= 0.3 is 0 Å². The van der Waals surface area contributed by atoms with Gasteiger partial charge in [0.05, 0.1) is 6.61 Å². The first-order chi connectivity index (χ1) is 8.08. The number of halogens is 1. The van der Waals surface area contributed by atoms with Crippen molar-refractivity contribution in [2.45, 2.75) is 26.7 Å². The van der Waals surface area contributed by atoms with Gasteiger partial charge in [0.15, 0.2) is 0 Å². The van der Waals surface area contributed by atoms with Crippen molar-refractivity contribution in [1.82, 2.24) is 5.48 Å². The summed E-state index contributed by atoms with van der Waals surface area (Å²) >= 11 is 3.40. The standard InChI is InChI=1S/C13H18BrNO2/c1-10(2)9-17-15-13(16)7-6-11-4-3-5-12(14)8-11/h3-5,8,10H,6-7,9H2,1-2H3,(H,15,16). The highest BCUT2D eigenvalue weighted by molar-refractivity contribution is 9.10. The molecule has 0 saturated heterocycles. The first kappa shape index (κ1) is 14.2. The van der Waals surface area contributed by atoms with Gasteiger partial charge in [-0.2, -0.15) is 0 Å².